The van der Waals surface area contributed by atoms with Gasteiger partial charge in [0.15, 0.2) is 0 Å². The van der Waals surface area contributed by atoms with E-state index in [0.29, 0.717) is 43.5 Å². The van der Waals surface area contributed by atoms with Crippen LogP contribution >= 0.6 is 0 Å². The first-order valence-corrected chi connectivity index (χ1v) is 45.5. The van der Waals surface area contributed by atoms with Gasteiger partial charge in [-0.05, 0) is 259 Å². The average molecular weight is 1650 g/mol. The Hall–Kier alpha value is -13.4. The fraction of sp³-hybridized carbons (Fsp3) is 0.207. The molecule has 0 N–H and O–H groups in total. The van der Waals surface area contributed by atoms with Gasteiger partial charge in [-0.1, -0.05) is 346 Å². The number of rotatable bonds is 15. The second kappa shape index (κ2) is 30.7. The molecule has 16 aromatic carbocycles. The minimum Gasteiger partial charge on any atom is -0.340 e. The number of anilines is 4. The highest BCUT2D eigenvalue weighted by Gasteiger charge is 2.44. The minimum atomic E-state index is -0.265. The molecule has 0 bridgehead atoms. The van der Waals surface area contributed by atoms with Gasteiger partial charge in [-0.15, -0.1) is 0 Å². The molecule has 2 aliphatic rings. The molecule has 0 atom stereocenters. The number of para-hydroxylation sites is 3. The molecule has 2 aliphatic heterocycles. The summed E-state index contributed by atoms with van der Waals surface area (Å²) in [4.78, 5) is 5.40. The van der Waals surface area contributed by atoms with Crippen molar-refractivity contribution in [2.24, 2.45) is 0 Å². The summed E-state index contributed by atoms with van der Waals surface area (Å²) in [5, 5.41) is 6.10. The Labute approximate surface area is 756 Å². The van der Waals surface area contributed by atoms with Crippen molar-refractivity contribution < 1.29 is 5.48 Å². The van der Waals surface area contributed by atoms with E-state index < -0.39 is 0 Å². The Morgan fingerprint density at radius 2 is 0.709 bits per heavy atom. The van der Waals surface area contributed by atoms with Gasteiger partial charge in [-0.25, -0.2) is 0 Å². The Bertz CT molecular complexity index is 7540. The van der Waals surface area contributed by atoms with Crippen molar-refractivity contribution in [3.8, 4) is 61.3 Å². The predicted molar refractivity (Wildman–Crippen MR) is 545 cm³/mol. The Morgan fingerprint density at radius 3 is 1.24 bits per heavy atom. The highest BCUT2D eigenvalue weighted by atomic mass is 15.2. The number of nitrogens with zero attached hydrogens (tertiary/aromatic N) is 5. The summed E-state index contributed by atoms with van der Waals surface area (Å²) in [6.07, 6.45) is 0.492. The lowest BCUT2D eigenvalue weighted by molar-refractivity contribution is 0.569. The number of aromatic nitrogens is 3. The second-order valence-corrected chi connectivity index (χ2v) is 41.0. The molecular formula is C121H112BN5. The van der Waals surface area contributed by atoms with E-state index >= 15 is 0 Å². The highest BCUT2D eigenvalue weighted by molar-refractivity contribution is 7.00. The maximum Gasteiger partial charge on any atom is 0.252 e. The van der Waals surface area contributed by atoms with Crippen molar-refractivity contribution in [3.05, 3.63) is 396 Å². The van der Waals surface area contributed by atoms with Gasteiger partial charge in [0, 0.05) is 109 Å². The standard InChI is InChI=1S/C121H112BN5/c1-117(2,3)89-50-55-108-100(70-89)101-71-90(118(4,5)6)51-56-109(101)124(108)75-79-48-53-104-112(64-79)126(77-103-98(83-38-24-18-25-39-83)72-93(121(13,14)15)73-99(103)84-40-26-19-27-41-84)115-63-78(58-59-123-106-45-31-28-44-97(106)102-74-94(52-57-107(102)123)127-110-46-32-29-42-95(110)96-43-30-33-47-111(96)127)62-114-116(115)122(104)105-54-49-85(88-66-91(119(7,8)9)69-92(67-88)120(10,11)12)68-113(105)125(114)76-80-60-86(81-34-20-16-21-35-81)65-87(61-80)82-36-22-17-23-37-82/h16-57,60-74H,58-59,75-77H2,1-15H3/i28D,31D,44D,45D. The summed E-state index contributed by atoms with van der Waals surface area (Å²) in [6, 6.07) is 121. The van der Waals surface area contributed by atoms with E-state index in [0.717, 1.165) is 111 Å². The number of hydrogen-bond acceptors (Lipinski definition) is 2. The molecule has 0 saturated heterocycles. The lowest BCUT2D eigenvalue weighted by Gasteiger charge is -2.45. The average Bonchev–Trinajstić information content (AvgIpc) is 1.54. The monoisotopic (exact) mass is 1650 g/mol. The second-order valence-electron chi connectivity index (χ2n) is 41.0. The molecule has 5 nitrogen and oxygen atoms in total. The normalized spacial score (nSPS) is 13.6. The van der Waals surface area contributed by atoms with Gasteiger partial charge in [-0.2, -0.15) is 0 Å². The molecule has 0 fully saturated rings. The summed E-state index contributed by atoms with van der Waals surface area (Å²) in [7, 11) is 0. The number of aryl methyl sites for hydroxylation is 2. The molecule has 6 heteroatoms. The molecule has 624 valence electrons. The highest BCUT2D eigenvalue weighted by Crippen LogP contribution is 2.49. The van der Waals surface area contributed by atoms with Crippen LogP contribution in [-0.4, -0.2) is 20.4 Å². The summed E-state index contributed by atoms with van der Waals surface area (Å²) in [5.74, 6) is 0. The zero-order valence-electron chi connectivity index (χ0n) is 79.9. The van der Waals surface area contributed by atoms with Crippen molar-refractivity contribution in [3.63, 3.8) is 0 Å². The van der Waals surface area contributed by atoms with Crippen LogP contribution in [-0.2, 0) is 59.7 Å². The van der Waals surface area contributed by atoms with Gasteiger partial charge in [0.25, 0.3) is 6.71 Å². The van der Waals surface area contributed by atoms with Gasteiger partial charge in [0.05, 0.1) is 16.5 Å². The first kappa shape index (κ1) is 76.1. The van der Waals surface area contributed by atoms with Gasteiger partial charge in [0.1, 0.15) is 0 Å². The van der Waals surface area contributed by atoms with Crippen molar-refractivity contribution in [1.29, 1.82) is 0 Å². The van der Waals surface area contributed by atoms with Crippen LogP contribution in [0.15, 0.2) is 346 Å². The van der Waals surface area contributed by atoms with Gasteiger partial charge >= 0.3 is 0 Å². The molecule has 0 saturated carbocycles. The Balaban J connectivity index is 0.853. The first-order valence-electron chi connectivity index (χ1n) is 47.5. The molecule has 5 heterocycles. The molecule has 0 aliphatic carbocycles. The van der Waals surface area contributed by atoms with Crippen molar-refractivity contribution in [2.45, 2.75) is 164 Å². The molecule has 3 aromatic heterocycles. The smallest absolute Gasteiger partial charge is 0.252 e. The number of hydrogen-bond donors (Lipinski definition) is 0. The van der Waals surface area contributed by atoms with Crippen LogP contribution in [0.1, 0.15) is 159 Å². The zero-order chi connectivity index (χ0) is 90.8. The lowest BCUT2D eigenvalue weighted by atomic mass is 9.33. The minimum absolute atomic E-state index is 0.0509. The first-order chi connectivity index (χ1) is 62.7. The number of fused-ring (bicyclic) bond motifs is 13. The van der Waals surface area contributed by atoms with Crippen LogP contribution in [0.5, 0.6) is 0 Å². The predicted octanol–water partition coefficient (Wildman–Crippen LogP) is 29.9. The summed E-state index contributed by atoms with van der Waals surface area (Å²) >= 11 is 0. The van der Waals surface area contributed by atoms with Crippen LogP contribution in [0, 0.1) is 0 Å². The summed E-state index contributed by atoms with van der Waals surface area (Å²) in [6.45, 7) is 36.7. The van der Waals surface area contributed by atoms with E-state index in [4.69, 9.17) is 0 Å². The van der Waals surface area contributed by atoms with Gasteiger partial charge < -0.3 is 23.5 Å². The topological polar surface area (TPSA) is 21.3 Å². The fourth-order valence-electron chi connectivity index (χ4n) is 20.4. The third kappa shape index (κ3) is 14.6. The van der Waals surface area contributed by atoms with Gasteiger partial charge in [-0.3, -0.25) is 0 Å². The molecular weight excluding hydrogens is 1530 g/mol. The van der Waals surface area contributed by atoms with Crippen LogP contribution in [0.3, 0.4) is 0 Å². The van der Waals surface area contributed by atoms with E-state index in [1.807, 2.05) is 0 Å². The summed E-state index contributed by atoms with van der Waals surface area (Å²) in [5.41, 5.74) is 37.0. The summed E-state index contributed by atoms with van der Waals surface area (Å²) < 4.78 is 46.1. The van der Waals surface area contributed by atoms with E-state index in [9.17, 15) is 5.48 Å². The van der Waals surface area contributed by atoms with E-state index in [1.54, 1.807) is 0 Å². The lowest BCUT2D eigenvalue weighted by Crippen LogP contribution is -2.62. The molecule has 21 rings (SSSR count). The zero-order valence-corrected chi connectivity index (χ0v) is 75.9. The van der Waals surface area contributed by atoms with Crippen LogP contribution in [0.4, 0.5) is 22.7 Å². The number of benzene rings is 16. The van der Waals surface area contributed by atoms with Crippen LogP contribution < -0.4 is 26.2 Å². The van der Waals surface area contributed by atoms with Crippen molar-refractivity contribution in [1.82, 2.24) is 13.7 Å². The van der Waals surface area contributed by atoms with E-state index in [-0.39, 0.29) is 58.0 Å². The Kier molecular flexibility index (Phi) is 18.4. The van der Waals surface area contributed by atoms with Gasteiger partial charge in [0.2, 0.25) is 0 Å². The van der Waals surface area contributed by atoms with E-state index in [2.05, 4.69) is 449 Å². The maximum absolute atomic E-state index is 10.1. The molecule has 0 unspecified atom stereocenters. The third-order valence-corrected chi connectivity index (χ3v) is 27.4. The quantitative estimate of drug-likeness (QED) is 0.0954. The molecule has 19 aromatic rings. The van der Waals surface area contributed by atoms with Crippen LogP contribution in [0.25, 0.3) is 127 Å². The van der Waals surface area contributed by atoms with Crippen molar-refractivity contribution in [2.75, 3.05) is 9.80 Å². The Morgan fingerprint density at radius 1 is 0.268 bits per heavy atom. The van der Waals surface area contributed by atoms with Crippen LogP contribution in [0.2, 0.25) is 0 Å². The maximum atomic E-state index is 10.1. The molecule has 0 amide bonds. The SMILES string of the molecule is [2H]c1c([2H])c([2H])c2c(c1[2H])c1cc(-n3c4ccccc4c4ccccc43)ccc1n2CCc1cc2c3c(c1)N(Cc1c(-c4ccccc4)cc(C(C)(C)C)cc1-c1ccccc1)c1cc(Cn4c5ccc(C(C)(C)C)cc5c5cc(C(C)(C)C)ccc54)ccc1B3c1ccc(-c3cc(C(C)(C)C)cc(C(C)(C)C)c3)cc1N2Cc1cc(-c2ccccc2)cc(-c2ccccc2)c1. The van der Waals surface area contributed by atoms with E-state index in [1.165, 1.54) is 93.8 Å². The molecule has 0 radical (unpaired) electrons. The molecule has 127 heavy (non-hydrogen) atoms. The molecule has 0 spiro atoms. The third-order valence-electron chi connectivity index (χ3n) is 27.4. The fourth-order valence-corrected chi connectivity index (χ4v) is 20.4. The largest absolute Gasteiger partial charge is 0.340 e. The van der Waals surface area contributed by atoms with Crippen molar-refractivity contribution >= 4 is 111 Å².